The van der Waals surface area contributed by atoms with E-state index >= 15 is 0 Å². The first-order valence-electron chi connectivity index (χ1n) is 8.42. The second kappa shape index (κ2) is 7.81. The fourth-order valence-corrected chi connectivity index (χ4v) is 3.38. The van der Waals surface area contributed by atoms with Gasteiger partial charge in [-0.1, -0.05) is 30.3 Å². The average molecular weight is 386 g/mol. The van der Waals surface area contributed by atoms with Crippen LogP contribution in [0.5, 0.6) is 0 Å². The Hall–Kier alpha value is -2.84. The maximum Gasteiger partial charge on any atom is 0.238 e. The Labute approximate surface area is 158 Å². The summed E-state index contributed by atoms with van der Waals surface area (Å²) < 4.78 is 28.8. The summed E-state index contributed by atoms with van der Waals surface area (Å²) in [5, 5.41) is 12.6. The van der Waals surface area contributed by atoms with Crippen molar-refractivity contribution >= 4 is 27.0 Å². The first-order valence-corrected chi connectivity index (χ1v) is 9.96. The van der Waals surface area contributed by atoms with E-state index in [-0.39, 0.29) is 4.90 Å². The monoisotopic (exact) mass is 386 g/mol. The number of furan rings is 1. The Bertz CT molecular complexity index is 1090. The smallest absolute Gasteiger partial charge is 0.238 e. The number of sulfonamides is 1. The molecule has 0 spiro atoms. The number of para-hydroxylation sites is 1. The van der Waals surface area contributed by atoms with Gasteiger partial charge in [-0.2, -0.15) is 0 Å². The lowest BCUT2D eigenvalue weighted by molar-refractivity contribution is 0.534. The maximum atomic E-state index is 11.5. The average Bonchev–Trinajstić information content (AvgIpc) is 2.98. The summed E-state index contributed by atoms with van der Waals surface area (Å²) in [4.78, 5) is 4.27. The molecule has 0 saturated carbocycles. The number of nitrogens with zero attached hydrogens (tertiary/aromatic N) is 1. The zero-order valence-electron chi connectivity index (χ0n) is 15.2. The van der Waals surface area contributed by atoms with Gasteiger partial charge in [-0.3, -0.25) is 4.99 Å². The van der Waals surface area contributed by atoms with Gasteiger partial charge in [0, 0.05) is 24.5 Å². The zero-order chi connectivity index (χ0) is 19.4. The highest BCUT2D eigenvalue weighted by atomic mass is 32.2. The molecular weight excluding hydrogens is 364 g/mol. The third-order valence-electron chi connectivity index (χ3n) is 4.27. The first kappa shape index (κ1) is 18.9. The van der Waals surface area contributed by atoms with Crippen molar-refractivity contribution in [1.82, 2.24) is 10.6 Å². The summed E-state index contributed by atoms with van der Waals surface area (Å²) in [6.07, 6.45) is 0. The molecule has 1 heterocycles. The van der Waals surface area contributed by atoms with Gasteiger partial charge in [0.25, 0.3) is 0 Å². The minimum Gasteiger partial charge on any atom is -0.459 e. The van der Waals surface area contributed by atoms with Crippen LogP contribution in [0.1, 0.15) is 16.9 Å². The molecule has 3 aromatic rings. The van der Waals surface area contributed by atoms with Gasteiger partial charge in [0.1, 0.15) is 11.3 Å². The number of aliphatic imine (C=N–C) groups is 1. The Morgan fingerprint density at radius 1 is 1.11 bits per heavy atom. The van der Waals surface area contributed by atoms with Gasteiger partial charge in [0.05, 0.1) is 11.4 Å². The molecule has 0 radical (unpaired) electrons. The predicted molar refractivity (Wildman–Crippen MR) is 106 cm³/mol. The van der Waals surface area contributed by atoms with E-state index < -0.39 is 10.0 Å². The highest BCUT2D eigenvalue weighted by Crippen LogP contribution is 2.24. The third-order valence-corrected chi connectivity index (χ3v) is 5.18. The standard InChI is InChI=1S/C19H22N4O3S/c1-13-16-8-3-4-9-17(16)26-18(13)12-23-19(21-2)22-11-14-6-5-7-15(10-14)27(20,24)25/h3-10H,11-12H2,1-2H3,(H2,20,24,25)(H2,21,22,23). The van der Waals surface area contributed by atoms with Gasteiger partial charge in [-0.25, -0.2) is 13.6 Å². The lowest BCUT2D eigenvalue weighted by Crippen LogP contribution is -2.36. The number of rotatable bonds is 5. The second-order valence-corrected chi connectivity index (χ2v) is 7.68. The molecule has 8 heteroatoms. The van der Waals surface area contributed by atoms with Crippen molar-refractivity contribution in [3.05, 3.63) is 65.4 Å². The molecule has 0 amide bonds. The maximum absolute atomic E-state index is 11.5. The van der Waals surface area contributed by atoms with Crippen LogP contribution >= 0.6 is 0 Å². The number of fused-ring (bicyclic) bond motifs is 1. The molecule has 27 heavy (non-hydrogen) atoms. The summed E-state index contributed by atoms with van der Waals surface area (Å²) in [7, 11) is -2.05. The van der Waals surface area contributed by atoms with Crippen molar-refractivity contribution in [2.45, 2.75) is 24.9 Å². The molecule has 0 atom stereocenters. The van der Waals surface area contributed by atoms with E-state index in [0.29, 0.717) is 19.0 Å². The van der Waals surface area contributed by atoms with Gasteiger partial charge in [0.2, 0.25) is 10.0 Å². The van der Waals surface area contributed by atoms with Crippen molar-refractivity contribution in [1.29, 1.82) is 0 Å². The van der Waals surface area contributed by atoms with Gasteiger partial charge >= 0.3 is 0 Å². The van der Waals surface area contributed by atoms with Gasteiger partial charge in [-0.15, -0.1) is 0 Å². The molecule has 0 unspecified atom stereocenters. The predicted octanol–water partition coefficient (Wildman–Crippen LogP) is 2.25. The summed E-state index contributed by atoms with van der Waals surface area (Å²) in [5.74, 6) is 1.42. The van der Waals surface area contributed by atoms with E-state index in [1.54, 1.807) is 19.2 Å². The van der Waals surface area contributed by atoms with Crippen LogP contribution in [0, 0.1) is 6.92 Å². The normalized spacial score (nSPS) is 12.3. The van der Waals surface area contributed by atoms with Crippen LogP contribution in [-0.4, -0.2) is 21.4 Å². The van der Waals surface area contributed by atoms with E-state index in [1.165, 1.54) is 6.07 Å². The molecule has 1 aromatic heterocycles. The lowest BCUT2D eigenvalue weighted by atomic mass is 10.1. The van der Waals surface area contributed by atoms with Gasteiger partial charge in [-0.05, 0) is 30.7 Å². The van der Waals surface area contributed by atoms with Crippen molar-refractivity contribution < 1.29 is 12.8 Å². The van der Waals surface area contributed by atoms with E-state index in [9.17, 15) is 8.42 Å². The van der Waals surface area contributed by atoms with E-state index in [0.717, 1.165) is 27.9 Å². The molecule has 4 N–H and O–H groups in total. The number of guanidine groups is 1. The summed E-state index contributed by atoms with van der Waals surface area (Å²) in [6, 6.07) is 14.4. The van der Waals surface area contributed by atoms with E-state index in [2.05, 4.69) is 15.6 Å². The fourth-order valence-electron chi connectivity index (χ4n) is 2.80. The third kappa shape index (κ3) is 4.47. The number of aryl methyl sites for hydroxylation is 1. The number of nitrogens with one attached hydrogen (secondary N) is 2. The number of primary sulfonamides is 1. The largest absolute Gasteiger partial charge is 0.459 e. The Kier molecular flexibility index (Phi) is 5.48. The summed E-state index contributed by atoms with van der Waals surface area (Å²) >= 11 is 0. The van der Waals surface area contributed by atoms with Crippen LogP contribution in [0.3, 0.4) is 0 Å². The molecular formula is C19H22N4O3S. The quantitative estimate of drug-likeness (QED) is 0.460. The van der Waals surface area contributed by atoms with Crippen LogP contribution in [0.25, 0.3) is 11.0 Å². The molecule has 142 valence electrons. The van der Waals surface area contributed by atoms with Crippen LogP contribution in [0.2, 0.25) is 0 Å². The van der Waals surface area contributed by atoms with Gasteiger partial charge < -0.3 is 15.1 Å². The van der Waals surface area contributed by atoms with E-state index in [1.807, 2.05) is 37.3 Å². The minimum atomic E-state index is -3.72. The second-order valence-electron chi connectivity index (χ2n) is 6.12. The Morgan fingerprint density at radius 2 is 1.85 bits per heavy atom. The van der Waals surface area contributed by atoms with Crippen molar-refractivity contribution in [2.75, 3.05) is 7.05 Å². The summed E-state index contributed by atoms with van der Waals surface area (Å²) in [6.45, 7) is 2.91. The number of benzene rings is 2. The topological polar surface area (TPSA) is 110 Å². The van der Waals surface area contributed by atoms with Crippen LogP contribution in [0.4, 0.5) is 0 Å². The lowest BCUT2D eigenvalue weighted by Gasteiger charge is -2.12. The molecule has 0 aliphatic rings. The van der Waals surface area contributed by atoms with Crippen LogP contribution in [-0.2, 0) is 23.1 Å². The van der Waals surface area contributed by atoms with Gasteiger partial charge in [0.15, 0.2) is 5.96 Å². The number of nitrogens with two attached hydrogens (primary N) is 1. The SMILES string of the molecule is CN=C(NCc1cccc(S(N)(=O)=O)c1)NCc1oc2ccccc2c1C. The first-order chi connectivity index (χ1) is 12.9. The highest BCUT2D eigenvalue weighted by Gasteiger charge is 2.11. The van der Waals surface area contributed by atoms with Crippen LogP contribution < -0.4 is 15.8 Å². The van der Waals surface area contributed by atoms with Crippen molar-refractivity contribution in [3.63, 3.8) is 0 Å². The minimum absolute atomic E-state index is 0.0858. The molecule has 0 saturated heterocycles. The number of hydrogen-bond donors (Lipinski definition) is 3. The van der Waals surface area contributed by atoms with E-state index in [4.69, 9.17) is 9.56 Å². The van der Waals surface area contributed by atoms with Crippen molar-refractivity contribution in [3.8, 4) is 0 Å². The number of hydrogen-bond acceptors (Lipinski definition) is 4. The molecule has 0 aliphatic heterocycles. The molecule has 3 rings (SSSR count). The highest BCUT2D eigenvalue weighted by molar-refractivity contribution is 7.89. The Morgan fingerprint density at radius 3 is 2.56 bits per heavy atom. The molecule has 0 aliphatic carbocycles. The fraction of sp³-hybridized carbons (Fsp3) is 0.211. The Balaban J connectivity index is 1.64. The van der Waals surface area contributed by atoms with Crippen LogP contribution in [0.15, 0.2) is 62.8 Å². The molecule has 0 fully saturated rings. The zero-order valence-corrected chi connectivity index (χ0v) is 16.0. The van der Waals surface area contributed by atoms with Crippen molar-refractivity contribution in [2.24, 2.45) is 10.1 Å². The molecule has 2 aromatic carbocycles. The molecule has 0 bridgehead atoms. The summed E-state index contributed by atoms with van der Waals surface area (Å²) in [5.41, 5.74) is 2.73. The molecule has 7 nitrogen and oxygen atoms in total.